The summed E-state index contributed by atoms with van der Waals surface area (Å²) in [6.07, 6.45) is 3.47. The van der Waals surface area contributed by atoms with Gasteiger partial charge in [-0.05, 0) is 38.5 Å². The van der Waals surface area contributed by atoms with Crippen molar-refractivity contribution in [3.05, 3.63) is 46.6 Å². The quantitative estimate of drug-likeness (QED) is 0.495. The van der Waals surface area contributed by atoms with Gasteiger partial charge in [-0.1, -0.05) is 18.6 Å². The van der Waals surface area contributed by atoms with E-state index in [-0.39, 0.29) is 34.7 Å². The normalized spacial score (nSPS) is 14.0. The second-order valence-electron chi connectivity index (χ2n) is 6.76. The minimum absolute atomic E-state index is 0.137. The number of fused-ring (bicyclic) bond motifs is 1. The molecule has 0 bridgehead atoms. The van der Waals surface area contributed by atoms with Gasteiger partial charge < -0.3 is 14.2 Å². The predicted molar refractivity (Wildman–Crippen MR) is 105 cm³/mol. The second-order valence-corrected chi connectivity index (χ2v) is 6.76. The summed E-state index contributed by atoms with van der Waals surface area (Å²) >= 11 is 0. The highest BCUT2D eigenvalue weighted by atomic mass is 16.5. The maximum absolute atomic E-state index is 13.3. The molecule has 6 heteroatoms. The third-order valence-corrected chi connectivity index (χ3v) is 4.41. The molecule has 28 heavy (non-hydrogen) atoms. The van der Waals surface area contributed by atoms with Crippen LogP contribution in [0.25, 0.3) is 0 Å². The molecule has 0 saturated carbocycles. The first-order valence-electron chi connectivity index (χ1n) is 9.22. The van der Waals surface area contributed by atoms with Gasteiger partial charge in [0.1, 0.15) is 17.6 Å². The van der Waals surface area contributed by atoms with E-state index in [0.717, 1.165) is 5.57 Å². The van der Waals surface area contributed by atoms with E-state index < -0.39 is 17.9 Å². The molecule has 0 heterocycles. The number of Topliss-reactive ketones (excluding diaryl/α,β-unsaturated/α-hetero) is 1. The molecule has 0 aromatic heterocycles. The summed E-state index contributed by atoms with van der Waals surface area (Å²) in [5.41, 5.74) is 1.46. The average Bonchev–Trinajstić information content (AvgIpc) is 2.66. The third-order valence-electron chi connectivity index (χ3n) is 4.41. The Bertz CT molecular complexity index is 843. The topological polar surface area (TPSA) is 78.9 Å². The zero-order valence-electron chi connectivity index (χ0n) is 17.0. The summed E-state index contributed by atoms with van der Waals surface area (Å²) in [5, 5.41) is 0. The number of methoxy groups -OCH3 is 2. The Morgan fingerprint density at radius 3 is 2.21 bits per heavy atom. The molecule has 6 nitrogen and oxygen atoms in total. The Morgan fingerprint density at radius 1 is 1.07 bits per heavy atom. The number of benzene rings is 1. The first-order valence-corrected chi connectivity index (χ1v) is 9.22. The molecule has 1 atom stereocenters. The van der Waals surface area contributed by atoms with Crippen LogP contribution in [0.2, 0.25) is 0 Å². The van der Waals surface area contributed by atoms with E-state index in [4.69, 9.17) is 14.2 Å². The van der Waals surface area contributed by atoms with Crippen molar-refractivity contribution in [2.75, 3.05) is 14.2 Å². The Balaban J connectivity index is 2.52. The number of rotatable bonds is 8. The number of carbonyl (C=O) groups is 3. The first-order chi connectivity index (χ1) is 13.3. The van der Waals surface area contributed by atoms with E-state index in [9.17, 15) is 14.4 Å². The van der Waals surface area contributed by atoms with Gasteiger partial charge in [0.15, 0.2) is 11.6 Å². The molecule has 0 saturated heterocycles. The van der Waals surface area contributed by atoms with E-state index in [0.29, 0.717) is 18.6 Å². The molecule has 1 aliphatic rings. The standard InChI is InChI=1S/C22H26O6/c1-6-7-19(24)28-16(9-8-13(2)3)14-12-15(23)20-17(26-4)10-11-18(27-5)21(20)22(14)25/h8,10-12,16H,6-7,9H2,1-5H3/t16-/m1/s1. The van der Waals surface area contributed by atoms with Gasteiger partial charge in [-0.3, -0.25) is 14.4 Å². The Kier molecular flexibility index (Phi) is 7.15. The van der Waals surface area contributed by atoms with Gasteiger partial charge in [-0.2, -0.15) is 0 Å². The summed E-state index contributed by atoms with van der Waals surface area (Å²) in [5.74, 6) is -0.607. The number of hydrogen-bond acceptors (Lipinski definition) is 6. The summed E-state index contributed by atoms with van der Waals surface area (Å²) in [6, 6.07) is 3.17. The smallest absolute Gasteiger partial charge is 0.306 e. The molecule has 0 N–H and O–H groups in total. The van der Waals surface area contributed by atoms with Gasteiger partial charge in [0.05, 0.1) is 25.3 Å². The van der Waals surface area contributed by atoms with Gasteiger partial charge in [0, 0.05) is 18.4 Å². The molecule has 0 amide bonds. The van der Waals surface area contributed by atoms with Crippen molar-refractivity contribution in [1.82, 2.24) is 0 Å². The van der Waals surface area contributed by atoms with Crippen LogP contribution in [0.4, 0.5) is 0 Å². The second kappa shape index (κ2) is 9.35. The maximum Gasteiger partial charge on any atom is 0.306 e. The molecule has 1 aliphatic carbocycles. The summed E-state index contributed by atoms with van der Waals surface area (Å²) < 4.78 is 16.1. The van der Waals surface area contributed by atoms with Crippen LogP contribution in [0.3, 0.4) is 0 Å². The molecule has 2 rings (SSSR count). The highest BCUT2D eigenvalue weighted by molar-refractivity contribution is 6.27. The lowest BCUT2D eigenvalue weighted by atomic mass is 9.85. The van der Waals surface area contributed by atoms with Crippen LogP contribution in [-0.4, -0.2) is 37.9 Å². The van der Waals surface area contributed by atoms with Crippen LogP contribution >= 0.6 is 0 Å². The summed E-state index contributed by atoms with van der Waals surface area (Å²) in [4.78, 5) is 38.2. The molecule has 0 radical (unpaired) electrons. The Labute approximate surface area is 165 Å². The van der Waals surface area contributed by atoms with E-state index in [2.05, 4.69) is 0 Å². The minimum Gasteiger partial charge on any atom is -0.496 e. The lowest BCUT2D eigenvalue weighted by Crippen LogP contribution is -2.29. The number of carbonyl (C=O) groups excluding carboxylic acids is 3. The lowest BCUT2D eigenvalue weighted by Gasteiger charge is -2.24. The third kappa shape index (κ3) is 4.50. The van der Waals surface area contributed by atoms with E-state index in [1.807, 2.05) is 26.8 Å². The van der Waals surface area contributed by atoms with Crippen molar-refractivity contribution in [2.45, 2.75) is 46.1 Å². The van der Waals surface area contributed by atoms with Gasteiger partial charge in [0.25, 0.3) is 0 Å². The highest BCUT2D eigenvalue weighted by Gasteiger charge is 2.36. The summed E-state index contributed by atoms with van der Waals surface area (Å²) in [7, 11) is 2.86. The zero-order chi connectivity index (χ0) is 20.8. The minimum atomic E-state index is -0.838. The fraction of sp³-hybridized carbons (Fsp3) is 0.409. The summed E-state index contributed by atoms with van der Waals surface area (Å²) in [6.45, 7) is 5.70. The monoisotopic (exact) mass is 386 g/mol. The molecule has 0 fully saturated rings. The number of ether oxygens (including phenoxy) is 3. The lowest BCUT2D eigenvalue weighted by molar-refractivity contribution is -0.147. The number of hydrogen-bond donors (Lipinski definition) is 0. The van der Waals surface area contributed by atoms with Gasteiger partial charge in [-0.15, -0.1) is 0 Å². The van der Waals surface area contributed by atoms with Crippen molar-refractivity contribution in [2.24, 2.45) is 0 Å². The molecular formula is C22H26O6. The largest absolute Gasteiger partial charge is 0.496 e. The molecule has 1 aromatic carbocycles. The van der Waals surface area contributed by atoms with E-state index in [1.165, 1.54) is 20.3 Å². The number of ketones is 2. The van der Waals surface area contributed by atoms with Gasteiger partial charge in [0.2, 0.25) is 0 Å². The van der Waals surface area contributed by atoms with Crippen LogP contribution in [0, 0.1) is 0 Å². The van der Waals surface area contributed by atoms with Gasteiger partial charge >= 0.3 is 5.97 Å². The number of esters is 1. The first kappa shape index (κ1) is 21.4. The zero-order valence-corrected chi connectivity index (χ0v) is 17.0. The van der Waals surface area contributed by atoms with Crippen molar-refractivity contribution < 1.29 is 28.6 Å². The molecule has 0 unspecified atom stereocenters. The van der Waals surface area contributed by atoms with E-state index >= 15 is 0 Å². The molecule has 150 valence electrons. The van der Waals surface area contributed by atoms with Crippen LogP contribution in [0.5, 0.6) is 11.5 Å². The van der Waals surface area contributed by atoms with Gasteiger partial charge in [-0.25, -0.2) is 0 Å². The van der Waals surface area contributed by atoms with Crippen LogP contribution in [0.1, 0.15) is 60.7 Å². The average molecular weight is 386 g/mol. The Hall–Kier alpha value is -2.89. The highest BCUT2D eigenvalue weighted by Crippen LogP contribution is 2.37. The molecular weight excluding hydrogens is 360 g/mol. The Morgan fingerprint density at radius 2 is 1.68 bits per heavy atom. The fourth-order valence-corrected chi connectivity index (χ4v) is 3.04. The van der Waals surface area contributed by atoms with Crippen molar-refractivity contribution in [3.8, 4) is 11.5 Å². The fourth-order valence-electron chi connectivity index (χ4n) is 3.04. The number of allylic oxidation sites excluding steroid dienone is 2. The predicted octanol–water partition coefficient (Wildman–Crippen LogP) is 4.08. The molecule has 0 aliphatic heterocycles. The maximum atomic E-state index is 13.3. The van der Waals surface area contributed by atoms with Crippen LogP contribution < -0.4 is 9.47 Å². The van der Waals surface area contributed by atoms with Crippen molar-refractivity contribution in [1.29, 1.82) is 0 Å². The molecule has 1 aromatic rings. The van der Waals surface area contributed by atoms with Crippen molar-refractivity contribution in [3.63, 3.8) is 0 Å². The van der Waals surface area contributed by atoms with Crippen molar-refractivity contribution >= 4 is 17.5 Å². The van der Waals surface area contributed by atoms with Crippen LogP contribution in [0.15, 0.2) is 35.4 Å². The van der Waals surface area contributed by atoms with E-state index in [1.54, 1.807) is 12.1 Å². The SMILES string of the molecule is CCCC(=O)O[C@H](CC=C(C)C)C1=CC(=O)c2c(OC)ccc(OC)c2C1=O. The van der Waals surface area contributed by atoms with Crippen LogP contribution in [-0.2, 0) is 9.53 Å². The molecule has 0 spiro atoms.